The molecule has 140 valence electrons. The van der Waals surface area contributed by atoms with Crippen LogP contribution in [0.25, 0.3) is 0 Å². The predicted octanol–water partition coefficient (Wildman–Crippen LogP) is 3.51. The van der Waals surface area contributed by atoms with Crippen LogP contribution in [0.3, 0.4) is 0 Å². The van der Waals surface area contributed by atoms with Crippen LogP contribution in [0.1, 0.15) is 37.1 Å². The molecule has 1 aromatic carbocycles. The summed E-state index contributed by atoms with van der Waals surface area (Å²) in [5.41, 5.74) is 3.12. The number of fused-ring (bicyclic) bond motifs is 1. The number of hydrogen-bond donors (Lipinski definition) is 0. The van der Waals surface area contributed by atoms with Crippen molar-refractivity contribution < 1.29 is 4.39 Å². The number of thioether (sulfide) groups is 1. The normalized spacial score (nSPS) is 13.4. The van der Waals surface area contributed by atoms with Gasteiger partial charge in [-0.2, -0.15) is 4.98 Å². The SMILES string of the molecule is CCN(CC)CCn1c2c(c(SCc3cccc(F)c3)nc1=O)CCC2. The van der Waals surface area contributed by atoms with E-state index in [4.69, 9.17) is 0 Å². The number of likely N-dealkylation sites (N-methyl/N-ethyl adjacent to an activating group) is 1. The molecular formula is C20H26FN3OS. The van der Waals surface area contributed by atoms with Gasteiger partial charge >= 0.3 is 5.69 Å². The monoisotopic (exact) mass is 375 g/mol. The molecule has 0 bridgehead atoms. The van der Waals surface area contributed by atoms with Crippen molar-refractivity contribution in [2.45, 2.75) is 50.4 Å². The van der Waals surface area contributed by atoms with Gasteiger partial charge in [0.15, 0.2) is 0 Å². The van der Waals surface area contributed by atoms with E-state index in [1.807, 2.05) is 10.6 Å². The summed E-state index contributed by atoms with van der Waals surface area (Å²) in [7, 11) is 0. The molecule has 0 radical (unpaired) electrons. The van der Waals surface area contributed by atoms with Crippen molar-refractivity contribution in [1.29, 1.82) is 0 Å². The van der Waals surface area contributed by atoms with Crippen LogP contribution in [-0.4, -0.2) is 34.1 Å². The van der Waals surface area contributed by atoms with Crippen molar-refractivity contribution in [2.75, 3.05) is 19.6 Å². The van der Waals surface area contributed by atoms with E-state index in [0.29, 0.717) is 12.3 Å². The maximum atomic E-state index is 13.4. The molecule has 0 unspecified atom stereocenters. The number of nitrogens with zero attached hydrogens (tertiary/aromatic N) is 3. The zero-order valence-electron chi connectivity index (χ0n) is 15.5. The second kappa shape index (κ2) is 8.82. The van der Waals surface area contributed by atoms with Crippen LogP contribution in [0, 0.1) is 5.82 Å². The summed E-state index contributed by atoms with van der Waals surface area (Å²) in [5.74, 6) is 0.396. The number of aromatic nitrogens is 2. The quantitative estimate of drug-likeness (QED) is 0.523. The van der Waals surface area contributed by atoms with Crippen LogP contribution >= 0.6 is 11.8 Å². The molecule has 0 amide bonds. The van der Waals surface area contributed by atoms with Gasteiger partial charge in [0.25, 0.3) is 0 Å². The first kappa shape index (κ1) is 19.1. The van der Waals surface area contributed by atoms with E-state index in [-0.39, 0.29) is 11.5 Å². The lowest BCUT2D eigenvalue weighted by molar-refractivity contribution is 0.286. The molecule has 0 saturated heterocycles. The second-order valence-corrected chi connectivity index (χ2v) is 7.54. The molecule has 3 rings (SSSR count). The van der Waals surface area contributed by atoms with Crippen LogP contribution in [0.5, 0.6) is 0 Å². The molecule has 1 aliphatic rings. The Balaban J connectivity index is 1.79. The minimum absolute atomic E-state index is 0.153. The van der Waals surface area contributed by atoms with Gasteiger partial charge < -0.3 is 4.90 Å². The van der Waals surface area contributed by atoms with Gasteiger partial charge in [0.2, 0.25) is 0 Å². The maximum absolute atomic E-state index is 13.4. The Morgan fingerprint density at radius 3 is 2.81 bits per heavy atom. The standard InChI is InChI=1S/C20H26FN3OS/c1-3-23(4-2)11-12-24-18-10-6-9-17(18)19(22-20(24)25)26-14-15-7-5-8-16(21)13-15/h5,7-8,13H,3-4,6,9-12,14H2,1-2H3. The van der Waals surface area contributed by atoms with Crippen molar-refractivity contribution in [3.05, 3.63) is 57.4 Å². The molecular weight excluding hydrogens is 349 g/mol. The Morgan fingerprint density at radius 1 is 1.27 bits per heavy atom. The lowest BCUT2D eigenvalue weighted by Crippen LogP contribution is -2.33. The van der Waals surface area contributed by atoms with E-state index in [9.17, 15) is 9.18 Å². The highest BCUT2D eigenvalue weighted by Gasteiger charge is 2.22. The minimum Gasteiger partial charge on any atom is -0.302 e. The number of rotatable bonds is 8. The van der Waals surface area contributed by atoms with Gasteiger partial charge in [-0.1, -0.05) is 26.0 Å². The molecule has 1 aromatic heterocycles. The Bertz CT molecular complexity index is 817. The van der Waals surface area contributed by atoms with E-state index >= 15 is 0 Å². The molecule has 0 atom stereocenters. The summed E-state index contributed by atoms with van der Waals surface area (Å²) in [6.45, 7) is 7.83. The predicted molar refractivity (Wildman–Crippen MR) is 104 cm³/mol. The molecule has 0 saturated carbocycles. The molecule has 0 N–H and O–H groups in total. The molecule has 1 aliphatic carbocycles. The lowest BCUT2D eigenvalue weighted by Gasteiger charge is -2.20. The van der Waals surface area contributed by atoms with Crippen molar-refractivity contribution in [3.8, 4) is 0 Å². The van der Waals surface area contributed by atoms with Crippen LogP contribution in [0.2, 0.25) is 0 Å². The van der Waals surface area contributed by atoms with E-state index in [2.05, 4.69) is 23.7 Å². The van der Waals surface area contributed by atoms with E-state index in [1.165, 1.54) is 11.6 Å². The first-order chi connectivity index (χ1) is 12.6. The van der Waals surface area contributed by atoms with E-state index < -0.39 is 0 Å². The summed E-state index contributed by atoms with van der Waals surface area (Å²) in [5, 5.41) is 0.825. The Kier molecular flexibility index (Phi) is 6.48. The van der Waals surface area contributed by atoms with E-state index in [1.54, 1.807) is 23.9 Å². The number of halogens is 1. The number of hydrogen-bond acceptors (Lipinski definition) is 4. The summed E-state index contributed by atoms with van der Waals surface area (Å²) < 4.78 is 15.2. The lowest BCUT2D eigenvalue weighted by atomic mass is 10.2. The first-order valence-electron chi connectivity index (χ1n) is 9.34. The minimum atomic E-state index is -0.229. The van der Waals surface area contributed by atoms with Gasteiger partial charge in [0.1, 0.15) is 10.8 Å². The van der Waals surface area contributed by atoms with Gasteiger partial charge in [-0.05, 0) is 50.0 Å². The van der Waals surface area contributed by atoms with Gasteiger partial charge in [-0.25, -0.2) is 9.18 Å². The smallest absolute Gasteiger partial charge is 0.302 e. The fourth-order valence-electron chi connectivity index (χ4n) is 3.50. The van der Waals surface area contributed by atoms with Gasteiger partial charge in [-0.15, -0.1) is 11.8 Å². The topological polar surface area (TPSA) is 38.1 Å². The van der Waals surface area contributed by atoms with Crippen LogP contribution in [0.4, 0.5) is 4.39 Å². The van der Waals surface area contributed by atoms with Crippen LogP contribution in [0.15, 0.2) is 34.1 Å². The molecule has 0 aliphatic heterocycles. The average Bonchev–Trinajstić information content (AvgIpc) is 3.12. The molecule has 2 aromatic rings. The molecule has 0 spiro atoms. The average molecular weight is 376 g/mol. The van der Waals surface area contributed by atoms with Crippen molar-refractivity contribution in [3.63, 3.8) is 0 Å². The Hall–Kier alpha value is -1.66. The second-order valence-electron chi connectivity index (χ2n) is 6.58. The molecule has 6 heteroatoms. The highest BCUT2D eigenvalue weighted by Crippen LogP contribution is 2.31. The molecule has 4 nitrogen and oxygen atoms in total. The molecule has 0 fully saturated rings. The first-order valence-corrected chi connectivity index (χ1v) is 10.3. The van der Waals surface area contributed by atoms with Crippen LogP contribution < -0.4 is 5.69 Å². The van der Waals surface area contributed by atoms with Gasteiger partial charge in [0.05, 0.1) is 0 Å². The molecule has 26 heavy (non-hydrogen) atoms. The van der Waals surface area contributed by atoms with Crippen molar-refractivity contribution >= 4 is 11.8 Å². The zero-order chi connectivity index (χ0) is 18.5. The largest absolute Gasteiger partial charge is 0.348 e. The third-order valence-corrected chi connectivity index (χ3v) is 6.09. The summed E-state index contributed by atoms with van der Waals surface area (Å²) in [6.07, 6.45) is 2.98. The Labute approximate surface area is 158 Å². The highest BCUT2D eigenvalue weighted by molar-refractivity contribution is 7.98. The summed E-state index contributed by atoms with van der Waals surface area (Å²) >= 11 is 1.54. The maximum Gasteiger partial charge on any atom is 0.348 e. The Morgan fingerprint density at radius 2 is 2.08 bits per heavy atom. The van der Waals surface area contributed by atoms with Gasteiger partial charge in [-0.3, -0.25) is 4.57 Å². The summed E-state index contributed by atoms with van der Waals surface area (Å²) in [6, 6.07) is 6.61. The van der Waals surface area contributed by atoms with Gasteiger partial charge in [0, 0.05) is 30.1 Å². The molecule has 1 heterocycles. The van der Waals surface area contributed by atoms with E-state index in [0.717, 1.165) is 55.2 Å². The van der Waals surface area contributed by atoms with Crippen molar-refractivity contribution in [1.82, 2.24) is 14.5 Å². The third-order valence-electron chi connectivity index (χ3n) is 5.00. The fraction of sp³-hybridized carbons (Fsp3) is 0.500. The fourth-order valence-corrected chi connectivity index (χ4v) is 4.52. The zero-order valence-corrected chi connectivity index (χ0v) is 16.3. The highest BCUT2D eigenvalue weighted by atomic mass is 32.2. The van der Waals surface area contributed by atoms with Crippen LogP contribution in [-0.2, 0) is 25.1 Å². The van der Waals surface area contributed by atoms with Crippen molar-refractivity contribution in [2.24, 2.45) is 0 Å². The summed E-state index contributed by atoms with van der Waals surface area (Å²) in [4.78, 5) is 19.3. The third kappa shape index (κ3) is 4.35. The number of benzene rings is 1.